The van der Waals surface area contributed by atoms with E-state index in [1.807, 2.05) is 6.92 Å². The topological polar surface area (TPSA) is 73.9 Å². The number of ether oxygens (including phenoxy) is 3. The fourth-order valence-corrected chi connectivity index (χ4v) is 2.29. The van der Waals surface area contributed by atoms with Crippen LogP contribution < -0.4 is 10.1 Å². The van der Waals surface area contributed by atoms with E-state index >= 15 is 0 Å². The summed E-state index contributed by atoms with van der Waals surface area (Å²) in [4.78, 5) is 24.5. The van der Waals surface area contributed by atoms with Crippen LogP contribution in [0.4, 0.5) is 10.1 Å². The summed E-state index contributed by atoms with van der Waals surface area (Å²) in [5, 5.41) is 2.56. The van der Waals surface area contributed by atoms with Crippen molar-refractivity contribution in [3.8, 4) is 5.75 Å². The van der Waals surface area contributed by atoms with Gasteiger partial charge in [0.2, 0.25) is 0 Å². The van der Waals surface area contributed by atoms with Gasteiger partial charge in [0.15, 0.2) is 6.10 Å². The van der Waals surface area contributed by atoms with Crippen molar-refractivity contribution in [2.24, 2.45) is 0 Å². The Morgan fingerprint density at radius 2 is 1.85 bits per heavy atom. The number of hydrogen-bond donors (Lipinski definition) is 1. The van der Waals surface area contributed by atoms with Crippen LogP contribution in [0.25, 0.3) is 0 Å². The van der Waals surface area contributed by atoms with Gasteiger partial charge in [-0.3, -0.25) is 4.79 Å². The predicted octanol–water partition coefficient (Wildman–Crippen LogP) is 3.55. The van der Waals surface area contributed by atoms with Gasteiger partial charge in [0.1, 0.15) is 11.6 Å². The van der Waals surface area contributed by atoms with Gasteiger partial charge in [0, 0.05) is 17.9 Å². The molecule has 27 heavy (non-hydrogen) atoms. The van der Waals surface area contributed by atoms with Crippen LogP contribution in [-0.2, 0) is 20.9 Å². The van der Waals surface area contributed by atoms with E-state index in [2.05, 4.69) is 5.32 Å². The van der Waals surface area contributed by atoms with Gasteiger partial charge in [0.25, 0.3) is 5.91 Å². The Morgan fingerprint density at radius 3 is 2.48 bits per heavy atom. The number of hydrogen-bond acceptors (Lipinski definition) is 5. The van der Waals surface area contributed by atoms with Crippen LogP contribution in [0.2, 0.25) is 0 Å². The maximum Gasteiger partial charge on any atom is 0.338 e. The van der Waals surface area contributed by atoms with E-state index in [4.69, 9.17) is 14.2 Å². The summed E-state index contributed by atoms with van der Waals surface area (Å²) >= 11 is 0. The Hall–Kier alpha value is -2.93. The molecule has 1 atom stereocenters. The summed E-state index contributed by atoms with van der Waals surface area (Å²) in [5.74, 6) is -0.966. The molecule has 0 bridgehead atoms. The highest BCUT2D eigenvalue weighted by Gasteiger charge is 2.20. The number of anilines is 1. The number of carbonyl (C=O) groups excluding carboxylic acids is 2. The highest BCUT2D eigenvalue weighted by Crippen LogP contribution is 2.21. The molecule has 1 amide bonds. The number of carbonyl (C=O) groups is 2. The molecule has 7 heteroatoms. The molecular weight excluding hydrogens is 353 g/mol. The van der Waals surface area contributed by atoms with Gasteiger partial charge < -0.3 is 19.5 Å². The lowest BCUT2D eigenvalue weighted by molar-refractivity contribution is -0.123. The van der Waals surface area contributed by atoms with Crippen molar-refractivity contribution in [2.45, 2.75) is 26.6 Å². The highest BCUT2D eigenvalue weighted by molar-refractivity contribution is 5.97. The standard InChI is InChI=1S/C20H22FNO5/c1-4-26-12-15-11-14(5-10-18(15)25-3)20(24)27-13(2)19(23)22-17-8-6-16(21)7-9-17/h5-11,13H,4,12H2,1-3H3,(H,22,23)/t13-/m1/s1. The van der Waals surface area contributed by atoms with Crippen LogP contribution >= 0.6 is 0 Å². The van der Waals surface area contributed by atoms with Crippen molar-refractivity contribution in [2.75, 3.05) is 19.0 Å². The molecule has 0 fully saturated rings. The van der Waals surface area contributed by atoms with Crippen molar-refractivity contribution in [3.05, 3.63) is 59.4 Å². The molecular formula is C20H22FNO5. The molecule has 0 heterocycles. The minimum Gasteiger partial charge on any atom is -0.496 e. The lowest BCUT2D eigenvalue weighted by atomic mass is 10.1. The number of halogens is 1. The fraction of sp³-hybridized carbons (Fsp3) is 0.300. The molecule has 0 unspecified atom stereocenters. The molecule has 0 aliphatic heterocycles. The highest BCUT2D eigenvalue weighted by atomic mass is 19.1. The molecule has 144 valence electrons. The van der Waals surface area contributed by atoms with Crippen molar-refractivity contribution in [1.29, 1.82) is 0 Å². The molecule has 2 rings (SSSR count). The largest absolute Gasteiger partial charge is 0.496 e. The SMILES string of the molecule is CCOCc1cc(C(=O)O[C@H](C)C(=O)Nc2ccc(F)cc2)ccc1OC. The number of rotatable bonds is 8. The second-order valence-corrected chi connectivity index (χ2v) is 5.71. The Bertz CT molecular complexity index is 791. The molecule has 2 aromatic rings. The Balaban J connectivity index is 2.02. The van der Waals surface area contributed by atoms with Crippen molar-refractivity contribution < 1.29 is 28.2 Å². The second kappa shape index (κ2) is 9.68. The smallest absolute Gasteiger partial charge is 0.338 e. The van der Waals surface area contributed by atoms with Gasteiger partial charge in [-0.25, -0.2) is 9.18 Å². The van der Waals surface area contributed by atoms with E-state index in [1.165, 1.54) is 38.3 Å². The average molecular weight is 375 g/mol. The lowest BCUT2D eigenvalue weighted by Crippen LogP contribution is -2.30. The molecule has 0 spiro atoms. The normalized spacial score (nSPS) is 11.6. The lowest BCUT2D eigenvalue weighted by Gasteiger charge is -2.15. The van der Waals surface area contributed by atoms with E-state index in [-0.39, 0.29) is 5.56 Å². The van der Waals surface area contributed by atoms with Gasteiger partial charge in [-0.05, 0) is 56.3 Å². The van der Waals surface area contributed by atoms with E-state index in [0.29, 0.717) is 30.2 Å². The third-order valence-electron chi connectivity index (χ3n) is 3.74. The average Bonchev–Trinajstić information content (AvgIpc) is 2.67. The van der Waals surface area contributed by atoms with Gasteiger partial charge in [-0.2, -0.15) is 0 Å². The third kappa shape index (κ3) is 5.79. The van der Waals surface area contributed by atoms with E-state index in [9.17, 15) is 14.0 Å². The Labute approximate surface area is 157 Å². The van der Waals surface area contributed by atoms with Gasteiger partial charge >= 0.3 is 5.97 Å². The molecule has 1 N–H and O–H groups in total. The van der Waals surface area contributed by atoms with Crippen molar-refractivity contribution in [3.63, 3.8) is 0 Å². The van der Waals surface area contributed by atoms with E-state index < -0.39 is 23.8 Å². The van der Waals surface area contributed by atoms with Gasteiger partial charge in [0.05, 0.1) is 19.3 Å². The van der Waals surface area contributed by atoms with Crippen LogP contribution in [0.1, 0.15) is 29.8 Å². The minimum absolute atomic E-state index is 0.284. The Morgan fingerprint density at radius 1 is 1.15 bits per heavy atom. The molecule has 2 aromatic carbocycles. The summed E-state index contributed by atoms with van der Waals surface area (Å²) in [7, 11) is 1.53. The second-order valence-electron chi connectivity index (χ2n) is 5.71. The van der Waals surface area contributed by atoms with Crippen LogP contribution in [0.5, 0.6) is 5.75 Å². The molecule has 0 aromatic heterocycles. The summed E-state index contributed by atoms with van der Waals surface area (Å²) in [6.45, 7) is 4.15. The van der Waals surface area contributed by atoms with Crippen LogP contribution in [0.15, 0.2) is 42.5 Å². The first-order chi connectivity index (χ1) is 12.9. The first-order valence-electron chi connectivity index (χ1n) is 8.46. The van der Waals surface area contributed by atoms with Gasteiger partial charge in [-0.1, -0.05) is 0 Å². The summed E-state index contributed by atoms with van der Waals surface area (Å²) < 4.78 is 28.7. The van der Waals surface area contributed by atoms with Crippen molar-refractivity contribution >= 4 is 17.6 Å². The molecule has 0 aliphatic carbocycles. The number of methoxy groups -OCH3 is 1. The number of esters is 1. The Kier molecular flexibility index (Phi) is 7.31. The quantitative estimate of drug-likeness (QED) is 0.714. The van der Waals surface area contributed by atoms with Crippen molar-refractivity contribution in [1.82, 2.24) is 0 Å². The van der Waals surface area contributed by atoms with E-state index in [1.54, 1.807) is 18.2 Å². The monoisotopic (exact) mass is 375 g/mol. The zero-order valence-electron chi connectivity index (χ0n) is 15.5. The van der Waals surface area contributed by atoms with Crippen LogP contribution in [0.3, 0.4) is 0 Å². The number of amides is 1. The molecule has 0 radical (unpaired) electrons. The minimum atomic E-state index is -1.03. The molecule has 0 aliphatic rings. The fourth-order valence-electron chi connectivity index (χ4n) is 2.29. The summed E-state index contributed by atoms with van der Waals surface area (Å²) in [6, 6.07) is 10.1. The summed E-state index contributed by atoms with van der Waals surface area (Å²) in [6.07, 6.45) is -1.03. The van der Waals surface area contributed by atoms with Crippen LogP contribution in [0, 0.1) is 5.82 Å². The molecule has 0 saturated carbocycles. The first-order valence-corrected chi connectivity index (χ1v) is 8.46. The maximum atomic E-state index is 12.9. The first kappa shape index (κ1) is 20.4. The summed E-state index contributed by atoms with van der Waals surface area (Å²) in [5.41, 5.74) is 1.40. The van der Waals surface area contributed by atoms with Gasteiger partial charge in [-0.15, -0.1) is 0 Å². The zero-order chi connectivity index (χ0) is 19.8. The van der Waals surface area contributed by atoms with E-state index in [0.717, 1.165) is 0 Å². The number of nitrogens with one attached hydrogen (secondary N) is 1. The van der Waals surface area contributed by atoms with Crippen LogP contribution in [-0.4, -0.2) is 31.7 Å². The zero-order valence-corrected chi connectivity index (χ0v) is 15.5. The maximum absolute atomic E-state index is 12.9. The molecule has 6 nitrogen and oxygen atoms in total. The predicted molar refractivity (Wildman–Crippen MR) is 98.2 cm³/mol. The number of benzene rings is 2. The third-order valence-corrected chi connectivity index (χ3v) is 3.74. The molecule has 0 saturated heterocycles.